The first-order valence-corrected chi connectivity index (χ1v) is 8.34. The second-order valence-corrected chi connectivity index (χ2v) is 6.34. The van der Waals surface area contributed by atoms with Gasteiger partial charge in [-0.2, -0.15) is 5.10 Å². The summed E-state index contributed by atoms with van der Waals surface area (Å²) in [6.45, 7) is 10.6. The second kappa shape index (κ2) is 7.40. The third-order valence-electron chi connectivity index (χ3n) is 4.31. The number of benzene rings is 1. The maximum Gasteiger partial charge on any atom is 0.0647 e. The molecule has 2 aromatic rings. The van der Waals surface area contributed by atoms with E-state index >= 15 is 0 Å². The lowest BCUT2D eigenvalue weighted by Gasteiger charge is -2.17. The highest BCUT2D eigenvalue weighted by molar-refractivity contribution is 6.11. The van der Waals surface area contributed by atoms with Crippen LogP contribution in [0.5, 0.6) is 0 Å². The first-order chi connectivity index (χ1) is 11.0. The molecular weight excluding hydrogens is 282 g/mol. The van der Waals surface area contributed by atoms with Gasteiger partial charge in [0.25, 0.3) is 0 Å². The Morgan fingerprint density at radius 3 is 2.70 bits per heavy atom. The topological polar surface area (TPSA) is 52.5 Å². The van der Waals surface area contributed by atoms with Crippen molar-refractivity contribution in [3.8, 4) is 0 Å². The molecule has 0 aliphatic heterocycles. The number of allylic oxidation sites excluding steroid dienone is 2. The van der Waals surface area contributed by atoms with Crippen LogP contribution in [0.4, 0.5) is 0 Å². The summed E-state index contributed by atoms with van der Waals surface area (Å²) in [6, 6.07) is 6.39. The monoisotopic (exact) mass is 309 g/mol. The highest BCUT2D eigenvalue weighted by atomic mass is 15.1. The van der Waals surface area contributed by atoms with Crippen molar-refractivity contribution in [3.63, 3.8) is 0 Å². The molecule has 1 aromatic heterocycles. The number of rotatable bonds is 6. The van der Waals surface area contributed by atoms with Crippen molar-refractivity contribution >= 4 is 5.71 Å². The van der Waals surface area contributed by atoms with Gasteiger partial charge < -0.3 is 0 Å². The number of hydrogen-bond donors (Lipinski definition) is 2. The first-order valence-electron chi connectivity index (χ1n) is 8.34. The summed E-state index contributed by atoms with van der Waals surface area (Å²) >= 11 is 0. The molecule has 0 aliphatic rings. The summed E-state index contributed by atoms with van der Waals surface area (Å²) in [7, 11) is 0. The van der Waals surface area contributed by atoms with E-state index in [0.29, 0.717) is 11.6 Å². The van der Waals surface area contributed by atoms with Crippen LogP contribution in [0.1, 0.15) is 61.6 Å². The number of nitrogens with one attached hydrogen (secondary N) is 2. The molecule has 0 fully saturated rings. The van der Waals surface area contributed by atoms with Crippen molar-refractivity contribution in [1.29, 1.82) is 5.41 Å². The molecule has 0 aliphatic carbocycles. The maximum atomic E-state index is 8.72. The van der Waals surface area contributed by atoms with Gasteiger partial charge in [0, 0.05) is 17.7 Å². The Morgan fingerprint density at radius 2 is 2.09 bits per heavy atom. The van der Waals surface area contributed by atoms with Crippen LogP contribution in [0.15, 0.2) is 36.0 Å². The molecule has 3 nitrogen and oxygen atoms in total. The second-order valence-electron chi connectivity index (χ2n) is 6.34. The summed E-state index contributed by atoms with van der Waals surface area (Å²) in [5, 5.41) is 15.9. The SMILES string of the molecule is C/C=C(/Cc1cn[nH]c1CC)C(=N)c1ccc(C)cc1C(C)C. The van der Waals surface area contributed by atoms with Crippen LogP contribution in [0.2, 0.25) is 0 Å². The Balaban J connectivity index is 2.35. The van der Waals surface area contributed by atoms with Gasteiger partial charge in [-0.15, -0.1) is 0 Å². The van der Waals surface area contributed by atoms with Gasteiger partial charge in [0.1, 0.15) is 0 Å². The summed E-state index contributed by atoms with van der Waals surface area (Å²) in [4.78, 5) is 0. The van der Waals surface area contributed by atoms with E-state index in [9.17, 15) is 0 Å². The summed E-state index contributed by atoms with van der Waals surface area (Å²) < 4.78 is 0. The summed E-state index contributed by atoms with van der Waals surface area (Å²) in [5.41, 5.74) is 7.55. The Hall–Kier alpha value is -2.16. The third-order valence-corrected chi connectivity index (χ3v) is 4.31. The molecule has 23 heavy (non-hydrogen) atoms. The predicted octanol–water partition coefficient (Wildman–Crippen LogP) is 4.96. The fourth-order valence-electron chi connectivity index (χ4n) is 2.90. The third kappa shape index (κ3) is 3.79. The van der Waals surface area contributed by atoms with Crippen molar-refractivity contribution < 1.29 is 0 Å². The fourth-order valence-corrected chi connectivity index (χ4v) is 2.90. The number of H-pyrrole nitrogens is 1. The minimum absolute atomic E-state index is 0.406. The lowest BCUT2D eigenvalue weighted by atomic mass is 9.88. The van der Waals surface area contributed by atoms with Crippen LogP contribution in [0.3, 0.4) is 0 Å². The van der Waals surface area contributed by atoms with Gasteiger partial charge in [0.05, 0.1) is 11.9 Å². The minimum atomic E-state index is 0.406. The van der Waals surface area contributed by atoms with Gasteiger partial charge in [-0.3, -0.25) is 10.5 Å². The van der Waals surface area contributed by atoms with Crippen LogP contribution in [-0.4, -0.2) is 15.9 Å². The summed E-state index contributed by atoms with van der Waals surface area (Å²) in [5.74, 6) is 0.406. The van der Waals surface area contributed by atoms with Crippen LogP contribution in [0, 0.1) is 12.3 Å². The zero-order valence-corrected chi connectivity index (χ0v) is 14.8. The molecule has 3 heteroatoms. The standard InChI is InChI=1S/C20H27N3/c1-6-15(11-16-12-22-23-19(16)7-2)20(21)17-9-8-14(5)10-18(17)13(3)4/h6,8-10,12-13,21H,7,11H2,1-5H3,(H,22,23)/b15-6-,21-20?. The van der Waals surface area contributed by atoms with E-state index in [-0.39, 0.29) is 0 Å². The molecule has 0 amide bonds. The zero-order valence-electron chi connectivity index (χ0n) is 14.8. The van der Waals surface area contributed by atoms with E-state index in [1.807, 2.05) is 13.1 Å². The van der Waals surface area contributed by atoms with Crippen LogP contribution < -0.4 is 0 Å². The zero-order chi connectivity index (χ0) is 17.0. The normalized spacial score (nSPS) is 12.0. The summed E-state index contributed by atoms with van der Waals surface area (Å²) in [6.07, 6.45) is 5.62. The van der Waals surface area contributed by atoms with E-state index in [1.165, 1.54) is 16.7 Å². The average Bonchev–Trinajstić information content (AvgIpc) is 2.99. The molecule has 0 radical (unpaired) electrons. The van der Waals surface area contributed by atoms with E-state index in [0.717, 1.165) is 29.7 Å². The van der Waals surface area contributed by atoms with Crippen molar-refractivity contribution in [2.45, 2.75) is 53.4 Å². The molecule has 0 saturated heterocycles. The van der Waals surface area contributed by atoms with Crippen molar-refractivity contribution in [2.24, 2.45) is 0 Å². The predicted molar refractivity (Wildman–Crippen MR) is 97.5 cm³/mol. The Morgan fingerprint density at radius 1 is 1.35 bits per heavy atom. The smallest absolute Gasteiger partial charge is 0.0647 e. The van der Waals surface area contributed by atoms with Gasteiger partial charge >= 0.3 is 0 Å². The lowest BCUT2D eigenvalue weighted by molar-refractivity contribution is 0.861. The van der Waals surface area contributed by atoms with E-state index < -0.39 is 0 Å². The fraction of sp³-hybridized carbons (Fsp3) is 0.400. The lowest BCUT2D eigenvalue weighted by Crippen LogP contribution is -2.11. The van der Waals surface area contributed by atoms with Crippen LogP contribution in [0.25, 0.3) is 0 Å². The quantitative estimate of drug-likeness (QED) is 0.728. The molecule has 0 bridgehead atoms. The van der Waals surface area contributed by atoms with Crippen molar-refractivity contribution in [1.82, 2.24) is 10.2 Å². The number of aromatic nitrogens is 2. The van der Waals surface area contributed by atoms with Gasteiger partial charge in [-0.05, 0) is 42.9 Å². The van der Waals surface area contributed by atoms with Gasteiger partial charge in [0.2, 0.25) is 0 Å². The van der Waals surface area contributed by atoms with E-state index in [1.54, 1.807) is 0 Å². The number of hydrogen-bond acceptors (Lipinski definition) is 2. The van der Waals surface area contributed by atoms with Gasteiger partial charge in [-0.25, -0.2) is 0 Å². The van der Waals surface area contributed by atoms with Crippen LogP contribution in [-0.2, 0) is 12.8 Å². The van der Waals surface area contributed by atoms with E-state index in [2.05, 4.69) is 62.2 Å². The number of aromatic amines is 1. The Bertz CT molecular complexity index is 720. The Kier molecular flexibility index (Phi) is 5.54. The van der Waals surface area contributed by atoms with E-state index in [4.69, 9.17) is 5.41 Å². The minimum Gasteiger partial charge on any atom is -0.300 e. The molecular formula is C20H27N3. The average molecular weight is 309 g/mol. The Labute approximate surface area is 139 Å². The molecule has 2 N–H and O–H groups in total. The van der Waals surface area contributed by atoms with Crippen LogP contribution >= 0.6 is 0 Å². The van der Waals surface area contributed by atoms with Gasteiger partial charge in [-0.1, -0.05) is 50.6 Å². The maximum absolute atomic E-state index is 8.72. The molecule has 0 saturated carbocycles. The molecule has 0 atom stereocenters. The first kappa shape index (κ1) is 17.2. The molecule has 122 valence electrons. The molecule has 0 spiro atoms. The number of nitrogens with zero attached hydrogens (tertiary/aromatic N) is 1. The van der Waals surface area contributed by atoms with Crippen molar-refractivity contribution in [2.75, 3.05) is 0 Å². The molecule has 0 unspecified atom stereocenters. The van der Waals surface area contributed by atoms with Crippen molar-refractivity contribution in [3.05, 3.63) is 64.0 Å². The molecule has 1 aromatic carbocycles. The largest absolute Gasteiger partial charge is 0.300 e. The van der Waals surface area contributed by atoms with Gasteiger partial charge in [0.15, 0.2) is 0 Å². The molecule has 1 heterocycles. The number of aryl methyl sites for hydroxylation is 2. The highest BCUT2D eigenvalue weighted by Gasteiger charge is 2.16. The highest BCUT2D eigenvalue weighted by Crippen LogP contribution is 2.25. The molecule has 2 rings (SSSR count).